The van der Waals surface area contributed by atoms with E-state index in [0.29, 0.717) is 12.3 Å². The average molecular weight is 378 g/mol. The molecule has 0 aliphatic carbocycles. The van der Waals surface area contributed by atoms with Crippen LogP contribution in [-0.4, -0.2) is 47.3 Å². The van der Waals surface area contributed by atoms with Gasteiger partial charge < -0.3 is 14.8 Å². The van der Waals surface area contributed by atoms with Crippen molar-refractivity contribution in [2.45, 2.75) is 13.0 Å². The summed E-state index contributed by atoms with van der Waals surface area (Å²) >= 11 is 0. The van der Waals surface area contributed by atoms with Crippen LogP contribution in [0.2, 0.25) is 0 Å². The number of hydrogen-bond acceptors (Lipinski definition) is 4. The molecule has 5 nitrogen and oxygen atoms in total. The second-order valence-electron chi connectivity index (χ2n) is 6.70. The van der Waals surface area contributed by atoms with Crippen LogP contribution in [0.15, 0.2) is 71.5 Å². The number of nitrogens with one attached hydrogen (secondary N) is 1. The molecule has 0 amide bonds. The Labute approximate surface area is 164 Å². The number of aliphatic hydroxyl groups excluding tert-OH is 1. The third-order valence-corrected chi connectivity index (χ3v) is 4.53. The first-order chi connectivity index (χ1) is 13.6. The van der Waals surface area contributed by atoms with E-state index in [1.54, 1.807) is 12.1 Å². The van der Waals surface area contributed by atoms with E-state index < -0.39 is 6.10 Å². The van der Waals surface area contributed by atoms with Gasteiger partial charge in [0, 0.05) is 30.1 Å². The van der Waals surface area contributed by atoms with E-state index in [4.69, 9.17) is 4.74 Å². The minimum Gasteiger partial charge on any atom is -0.491 e. The second-order valence-corrected chi connectivity index (χ2v) is 6.70. The van der Waals surface area contributed by atoms with Crippen LogP contribution in [0, 0.1) is 0 Å². The summed E-state index contributed by atoms with van der Waals surface area (Å²) in [5.41, 5.74) is 1.81. The van der Waals surface area contributed by atoms with E-state index in [1.165, 1.54) is 11.6 Å². The maximum atomic E-state index is 11.3. The molecule has 0 aliphatic rings. The Bertz CT molecular complexity index is 966. The fourth-order valence-electron chi connectivity index (χ4n) is 3.00. The molecule has 1 unspecified atom stereocenters. The third kappa shape index (κ3) is 5.81. The fourth-order valence-corrected chi connectivity index (χ4v) is 3.00. The summed E-state index contributed by atoms with van der Waals surface area (Å²) in [6, 6.07) is 18.9. The average Bonchev–Trinajstić information content (AvgIpc) is 2.72. The van der Waals surface area contributed by atoms with Crippen molar-refractivity contribution in [2.24, 2.45) is 0 Å². The van der Waals surface area contributed by atoms with Crippen LogP contribution < -0.4 is 10.3 Å². The van der Waals surface area contributed by atoms with Gasteiger partial charge in [0.15, 0.2) is 0 Å². The van der Waals surface area contributed by atoms with E-state index in [-0.39, 0.29) is 12.2 Å². The van der Waals surface area contributed by atoms with Gasteiger partial charge in [-0.1, -0.05) is 49.4 Å². The van der Waals surface area contributed by atoms with Crippen molar-refractivity contribution in [3.05, 3.63) is 82.7 Å². The summed E-state index contributed by atoms with van der Waals surface area (Å²) in [6.07, 6.45) is 3.61. The Morgan fingerprint density at radius 3 is 2.75 bits per heavy atom. The summed E-state index contributed by atoms with van der Waals surface area (Å²) in [5.74, 6) is 0.672. The van der Waals surface area contributed by atoms with Gasteiger partial charge in [0.05, 0.1) is 0 Å². The van der Waals surface area contributed by atoms with Crippen molar-refractivity contribution in [3.8, 4) is 5.75 Å². The summed E-state index contributed by atoms with van der Waals surface area (Å²) < 4.78 is 5.74. The smallest absolute Gasteiger partial charge is 0.248 e. The molecule has 0 spiro atoms. The van der Waals surface area contributed by atoms with Gasteiger partial charge in [0.2, 0.25) is 5.56 Å². The van der Waals surface area contributed by atoms with Crippen molar-refractivity contribution in [3.63, 3.8) is 0 Å². The SMILES string of the molecule is CCN(C/C=C/c1ccccc1)CC(O)COc1ccc2[nH]c(=O)ccc2c1. The Morgan fingerprint density at radius 1 is 1.14 bits per heavy atom. The number of pyridine rings is 1. The first-order valence-electron chi connectivity index (χ1n) is 9.52. The Balaban J connectivity index is 1.49. The molecule has 28 heavy (non-hydrogen) atoms. The highest BCUT2D eigenvalue weighted by Gasteiger charge is 2.10. The van der Waals surface area contributed by atoms with Crippen molar-refractivity contribution in [1.82, 2.24) is 9.88 Å². The summed E-state index contributed by atoms with van der Waals surface area (Å²) in [5, 5.41) is 11.2. The molecule has 2 N–H and O–H groups in total. The predicted octanol–water partition coefficient (Wildman–Crippen LogP) is 3.30. The maximum absolute atomic E-state index is 11.3. The number of aromatic nitrogens is 1. The van der Waals surface area contributed by atoms with Crippen LogP contribution in [0.4, 0.5) is 0 Å². The van der Waals surface area contributed by atoms with Crippen molar-refractivity contribution >= 4 is 17.0 Å². The molecule has 0 fully saturated rings. The number of nitrogens with zero attached hydrogens (tertiary/aromatic N) is 1. The van der Waals surface area contributed by atoms with Crippen LogP contribution in [-0.2, 0) is 0 Å². The van der Waals surface area contributed by atoms with Gasteiger partial charge in [0.1, 0.15) is 18.5 Å². The van der Waals surface area contributed by atoms with Crippen molar-refractivity contribution in [1.29, 1.82) is 0 Å². The number of likely N-dealkylation sites (N-methyl/N-ethyl adjacent to an activating group) is 1. The molecule has 1 atom stereocenters. The topological polar surface area (TPSA) is 65.6 Å². The van der Waals surface area contributed by atoms with E-state index in [0.717, 1.165) is 24.0 Å². The minimum atomic E-state index is -0.587. The molecule has 5 heteroatoms. The molecule has 3 aromatic rings. The molecule has 3 rings (SSSR count). The van der Waals surface area contributed by atoms with Crippen molar-refractivity contribution < 1.29 is 9.84 Å². The zero-order valence-corrected chi connectivity index (χ0v) is 16.0. The van der Waals surface area contributed by atoms with Gasteiger partial charge in [-0.2, -0.15) is 0 Å². The van der Waals surface area contributed by atoms with E-state index in [2.05, 4.69) is 41.1 Å². The van der Waals surface area contributed by atoms with Crippen LogP contribution in [0.25, 0.3) is 17.0 Å². The number of hydrogen-bond donors (Lipinski definition) is 2. The molecule has 0 bridgehead atoms. The number of fused-ring (bicyclic) bond motifs is 1. The Morgan fingerprint density at radius 2 is 1.96 bits per heavy atom. The van der Waals surface area contributed by atoms with Crippen LogP contribution in [0.3, 0.4) is 0 Å². The van der Waals surface area contributed by atoms with Gasteiger partial charge in [0.25, 0.3) is 0 Å². The third-order valence-electron chi connectivity index (χ3n) is 4.53. The molecule has 146 valence electrons. The number of ether oxygens (including phenoxy) is 1. The lowest BCUT2D eigenvalue weighted by atomic mass is 10.2. The quantitative estimate of drug-likeness (QED) is 0.600. The van der Waals surface area contributed by atoms with Crippen LogP contribution >= 0.6 is 0 Å². The maximum Gasteiger partial charge on any atom is 0.248 e. The molecule has 0 aliphatic heterocycles. The van der Waals surface area contributed by atoms with E-state index in [1.807, 2.05) is 30.3 Å². The van der Waals surface area contributed by atoms with Gasteiger partial charge in [-0.3, -0.25) is 9.69 Å². The molecule has 1 heterocycles. The monoisotopic (exact) mass is 378 g/mol. The Hall–Kier alpha value is -2.89. The largest absolute Gasteiger partial charge is 0.491 e. The second kappa shape index (κ2) is 9.88. The van der Waals surface area contributed by atoms with Gasteiger partial charge in [-0.25, -0.2) is 0 Å². The molecule has 2 aromatic carbocycles. The molecule has 0 saturated carbocycles. The minimum absolute atomic E-state index is 0.127. The highest BCUT2D eigenvalue weighted by atomic mass is 16.5. The number of benzene rings is 2. The molecule has 0 saturated heterocycles. The van der Waals surface area contributed by atoms with Gasteiger partial charge >= 0.3 is 0 Å². The predicted molar refractivity (Wildman–Crippen MR) is 114 cm³/mol. The first-order valence-corrected chi connectivity index (χ1v) is 9.52. The molecule has 0 radical (unpaired) electrons. The summed E-state index contributed by atoms with van der Waals surface area (Å²) in [4.78, 5) is 16.3. The normalized spacial score (nSPS) is 12.7. The van der Waals surface area contributed by atoms with Crippen molar-refractivity contribution in [2.75, 3.05) is 26.2 Å². The highest BCUT2D eigenvalue weighted by Crippen LogP contribution is 2.18. The van der Waals surface area contributed by atoms with Crippen LogP contribution in [0.5, 0.6) is 5.75 Å². The number of H-pyrrole nitrogens is 1. The van der Waals surface area contributed by atoms with Gasteiger partial charge in [-0.15, -0.1) is 0 Å². The standard InChI is InChI=1S/C23H26N2O3/c1-2-25(14-6-9-18-7-4-3-5-8-18)16-20(26)17-28-21-11-12-22-19(15-21)10-13-23(27)24-22/h3-13,15,20,26H,2,14,16-17H2,1H3,(H,24,27)/b9-6+. The lowest BCUT2D eigenvalue weighted by Crippen LogP contribution is -2.35. The number of rotatable bonds is 9. The highest BCUT2D eigenvalue weighted by molar-refractivity contribution is 5.79. The number of aromatic amines is 1. The molecular formula is C23H26N2O3. The molecule has 1 aromatic heterocycles. The Kier molecular flexibility index (Phi) is 7.00. The fraction of sp³-hybridized carbons (Fsp3) is 0.261. The zero-order chi connectivity index (χ0) is 19.8. The zero-order valence-electron chi connectivity index (χ0n) is 16.0. The lowest BCUT2D eigenvalue weighted by Gasteiger charge is -2.22. The summed E-state index contributed by atoms with van der Waals surface area (Å²) in [6.45, 7) is 4.45. The molecular weight excluding hydrogens is 352 g/mol. The lowest BCUT2D eigenvalue weighted by molar-refractivity contribution is 0.0737. The van der Waals surface area contributed by atoms with E-state index in [9.17, 15) is 9.90 Å². The van der Waals surface area contributed by atoms with Crippen LogP contribution in [0.1, 0.15) is 12.5 Å². The summed E-state index contributed by atoms with van der Waals surface area (Å²) in [7, 11) is 0. The van der Waals surface area contributed by atoms with Gasteiger partial charge in [-0.05, 0) is 36.4 Å². The number of aliphatic hydroxyl groups is 1. The van der Waals surface area contributed by atoms with E-state index >= 15 is 0 Å². The first kappa shape index (κ1) is 19.9.